The van der Waals surface area contributed by atoms with E-state index in [1.807, 2.05) is 54.6 Å². The fourth-order valence-corrected chi connectivity index (χ4v) is 3.97. The van der Waals surface area contributed by atoms with E-state index in [9.17, 15) is 4.39 Å². The molecule has 0 saturated carbocycles. The summed E-state index contributed by atoms with van der Waals surface area (Å²) >= 11 is 7.32. The molecule has 4 rings (SSSR count). The average molecular weight is 393 g/mol. The summed E-state index contributed by atoms with van der Waals surface area (Å²) in [6.45, 7) is 1.65. The Labute approximate surface area is 170 Å². The van der Waals surface area contributed by atoms with Gasteiger partial charge in [-0.25, -0.2) is 4.39 Å². The zero-order chi connectivity index (χ0) is 19.4. The molecule has 3 aromatic rings. The predicted molar refractivity (Wildman–Crippen MR) is 114 cm³/mol. The summed E-state index contributed by atoms with van der Waals surface area (Å²) < 4.78 is 13.2. The number of halogens is 2. The van der Waals surface area contributed by atoms with Crippen LogP contribution < -0.4 is 5.32 Å². The van der Waals surface area contributed by atoms with Gasteiger partial charge in [0.15, 0.2) is 4.87 Å². The fraction of sp³-hybridized carbons (Fsp3) is 0.208. The lowest BCUT2D eigenvalue weighted by molar-refractivity contribution is 0.627. The highest BCUT2D eigenvalue weighted by atomic mass is 35.5. The molecule has 0 bridgehead atoms. The van der Waals surface area contributed by atoms with E-state index < -0.39 is 4.87 Å². The Morgan fingerprint density at radius 1 is 0.893 bits per heavy atom. The second kappa shape index (κ2) is 8.15. The Morgan fingerprint density at radius 3 is 2.36 bits per heavy atom. The van der Waals surface area contributed by atoms with Crippen LogP contribution in [0.15, 0.2) is 83.9 Å². The topological polar surface area (TPSA) is 24.4 Å². The third-order valence-corrected chi connectivity index (χ3v) is 5.66. The first-order valence-corrected chi connectivity index (χ1v) is 9.91. The van der Waals surface area contributed by atoms with E-state index in [2.05, 4.69) is 17.4 Å². The molecule has 1 N–H and O–H groups in total. The predicted octanol–water partition coefficient (Wildman–Crippen LogP) is 5.29. The van der Waals surface area contributed by atoms with E-state index in [0.717, 1.165) is 54.0 Å². The highest BCUT2D eigenvalue weighted by molar-refractivity contribution is 6.38. The van der Waals surface area contributed by atoms with Crippen LogP contribution in [0.25, 0.3) is 0 Å². The highest BCUT2D eigenvalue weighted by Gasteiger charge is 2.38. The molecule has 0 aromatic heterocycles. The van der Waals surface area contributed by atoms with Crippen LogP contribution in [0.3, 0.4) is 0 Å². The molecule has 0 aliphatic carbocycles. The van der Waals surface area contributed by atoms with Crippen LogP contribution in [0, 0.1) is 5.82 Å². The molecular formula is C24H22ClFN2. The van der Waals surface area contributed by atoms with Crippen molar-refractivity contribution < 1.29 is 4.39 Å². The maximum absolute atomic E-state index is 13.2. The summed E-state index contributed by atoms with van der Waals surface area (Å²) in [7, 11) is 0. The lowest BCUT2D eigenvalue weighted by Gasteiger charge is -2.32. The molecule has 2 nitrogen and oxygen atoms in total. The summed E-state index contributed by atoms with van der Waals surface area (Å²) in [6.07, 6.45) is 1.73. The van der Waals surface area contributed by atoms with Gasteiger partial charge in [-0.3, -0.25) is 4.99 Å². The second-order valence-electron chi connectivity index (χ2n) is 7.04. The summed E-state index contributed by atoms with van der Waals surface area (Å²) in [5.41, 5.74) is 4.16. The molecule has 0 spiro atoms. The first kappa shape index (κ1) is 18.7. The first-order valence-electron chi connectivity index (χ1n) is 9.53. The zero-order valence-electron chi connectivity index (χ0n) is 15.5. The number of aliphatic imine (C=N–C) groups is 1. The molecule has 4 heteroatoms. The van der Waals surface area contributed by atoms with Crippen molar-refractivity contribution in [2.45, 2.75) is 17.7 Å². The Balaban J connectivity index is 1.74. The van der Waals surface area contributed by atoms with Gasteiger partial charge in [0, 0.05) is 13.1 Å². The van der Waals surface area contributed by atoms with Crippen molar-refractivity contribution in [1.29, 1.82) is 0 Å². The molecule has 0 fully saturated rings. The second-order valence-corrected chi connectivity index (χ2v) is 7.61. The van der Waals surface area contributed by atoms with Gasteiger partial charge in [-0.2, -0.15) is 0 Å². The molecule has 1 aliphatic heterocycles. The van der Waals surface area contributed by atoms with Crippen LogP contribution in [-0.4, -0.2) is 18.9 Å². The molecule has 1 unspecified atom stereocenters. The van der Waals surface area contributed by atoms with Gasteiger partial charge in [-0.1, -0.05) is 66.7 Å². The normalized spacial score (nSPS) is 16.0. The first-order chi connectivity index (χ1) is 13.7. The van der Waals surface area contributed by atoms with Gasteiger partial charge in [0.25, 0.3) is 0 Å². The monoisotopic (exact) mass is 392 g/mol. The summed E-state index contributed by atoms with van der Waals surface area (Å²) in [5.74, 6) is 0.577. The van der Waals surface area contributed by atoms with Crippen LogP contribution in [0.4, 0.5) is 4.39 Å². The highest BCUT2D eigenvalue weighted by Crippen LogP contribution is 2.38. The van der Waals surface area contributed by atoms with E-state index in [-0.39, 0.29) is 5.82 Å². The van der Waals surface area contributed by atoms with Crippen LogP contribution in [-0.2, 0) is 11.3 Å². The number of hydrogen-bond donors (Lipinski definition) is 1. The van der Waals surface area contributed by atoms with Crippen molar-refractivity contribution in [3.8, 4) is 0 Å². The molecule has 0 amide bonds. The van der Waals surface area contributed by atoms with Gasteiger partial charge < -0.3 is 5.32 Å². The summed E-state index contributed by atoms with van der Waals surface area (Å²) in [6, 6.07) is 25.0. The molecule has 0 radical (unpaired) electrons. The fourth-order valence-electron chi connectivity index (χ4n) is 3.60. The van der Waals surface area contributed by atoms with E-state index in [1.165, 1.54) is 12.1 Å². The Bertz CT molecular complexity index is 969. The minimum Gasteiger partial charge on any atom is -0.372 e. The Morgan fingerprint density at radius 2 is 1.64 bits per heavy atom. The molecule has 1 heterocycles. The summed E-state index contributed by atoms with van der Waals surface area (Å²) in [5, 5.41) is 3.41. The maximum atomic E-state index is 13.2. The van der Waals surface area contributed by atoms with Crippen molar-refractivity contribution in [3.05, 3.63) is 107 Å². The van der Waals surface area contributed by atoms with Gasteiger partial charge in [-0.05, 0) is 47.2 Å². The van der Waals surface area contributed by atoms with Crippen molar-refractivity contribution in [1.82, 2.24) is 5.32 Å². The van der Waals surface area contributed by atoms with Gasteiger partial charge in [0.05, 0.1) is 0 Å². The number of hydrogen-bond acceptors (Lipinski definition) is 2. The molecule has 142 valence electrons. The Hall–Kier alpha value is -2.65. The SMILES string of the molecule is Fc1ccc(Cc2cccc(C(Cl)(C3=NCCCN3)c3ccccc3)c2)cc1. The van der Waals surface area contributed by atoms with Gasteiger partial charge in [0.2, 0.25) is 0 Å². The largest absolute Gasteiger partial charge is 0.372 e. The smallest absolute Gasteiger partial charge is 0.151 e. The zero-order valence-corrected chi connectivity index (χ0v) is 16.3. The number of benzene rings is 3. The average Bonchev–Trinajstić information content (AvgIpc) is 2.76. The quantitative estimate of drug-likeness (QED) is 0.586. The van der Waals surface area contributed by atoms with Crippen LogP contribution in [0.2, 0.25) is 0 Å². The molecule has 1 atom stereocenters. The lowest BCUT2D eigenvalue weighted by atomic mass is 9.87. The summed E-state index contributed by atoms with van der Waals surface area (Å²) in [4.78, 5) is 3.85. The van der Waals surface area contributed by atoms with Gasteiger partial charge in [0.1, 0.15) is 11.7 Å². The van der Waals surface area contributed by atoms with E-state index >= 15 is 0 Å². The number of amidine groups is 1. The van der Waals surface area contributed by atoms with Crippen LogP contribution >= 0.6 is 11.6 Å². The maximum Gasteiger partial charge on any atom is 0.151 e. The molecule has 3 aromatic carbocycles. The van der Waals surface area contributed by atoms with Gasteiger partial charge >= 0.3 is 0 Å². The number of nitrogens with zero attached hydrogens (tertiary/aromatic N) is 1. The molecule has 1 aliphatic rings. The van der Waals surface area contributed by atoms with Crippen LogP contribution in [0.1, 0.15) is 28.7 Å². The van der Waals surface area contributed by atoms with Crippen LogP contribution in [0.5, 0.6) is 0 Å². The molecule has 28 heavy (non-hydrogen) atoms. The number of nitrogens with one attached hydrogen (secondary N) is 1. The molecular weight excluding hydrogens is 371 g/mol. The van der Waals surface area contributed by atoms with Crippen molar-refractivity contribution in [2.24, 2.45) is 4.99 Å². The van der Waals surface area contributed by atoms with E-state index in [1.54, 1.807) is 0 Å². The minimum atomic E-state index is -0.861. The lowest BCUT2D eigenvalue weighted by Crippen LogP contribution is -2.44. The third kappa shape index (κ3) is 3.81. The Kier molecular flexibility index (Phi) is 5.45. The number of rotatable bonds is 5. The van der Waals surface area contributed by atoms with E-state index in [0.29, 0.717) is 0 Å². The van der Waals surface area contributed by atoms with Crippen molar-refractivity contribution >= 4 is 17.4 Å². The molecule has 0 saturated heterocycles. The van der Waals surface area contributed by atoms with E-state index in [4.69, 9.17) is 16.6 Å². The van der Waals surface area contributed by atoms with Crippen molar-refractivity contribution in [3.63, 3.8) is 0 Å². The van der Waals surface area contributed by atoms with Gasteiger partial charge in [-0.15, -0.1) is 11.6 Å². The third-order valence-electron chi connectivity index (χ3n) is 5.04. The standard InChI is InChI=1S/C24H22ClFN2/c25-24(20-7-2-1-3-8-20,23-27-14-5-15-28-23)21-9-4-6-19(17-21)16-18-10-12-22(26)13-11-18/h1-4,6-13,17H,5,14-16H2,(H,27,28). The van der Waals surface area contributed by atoms with Crippen molar-refractivity contribution in [2.75, 3.05) is 13.1 Å². The number of alkyl halides is 1. The minimum absolute atomic E-state index is 0.220.